The van der Waals surface area contributed by atoms with Crippen LogP contribution in [0, 0.1) is 0 Å². The largest absolute Gasteiger partial charge is 0.416 e. The minimum atomic E-state index is -4.99. The Morgan fingerprint density at radius 1 is 0.936 bits per heavy atom. The number of anilines is 3. The lowest BCUT2D eigenvalue weighted by Gasteiger charge is -2.32. The lowest BCUT2D eigenvalue weighted by atomic mass is 10.0. The number of aliphatic hydroxyl groups excluding tert-OH is 2. The van der Waals surface area contributed by atoms with Crippen LogP contribution in [-0.4, -0.2) is 74.6 Å². The predicted molar refractivity (Wildman–Crippen MR) is 164 cm³/mol. The molecule has 2 aromatic heterocycles. The van der Waals surface area contributed by atoms with Crippen LogP contribution in [0.25, 0.3) is 0 Å². The number of aromatic nitrogens is 4. The van der Waals surface area contributed by atoms with Gasteiger partial charge in [-0.25, -0.2) is 15.0 Å². The first kappa shape index (κ1) is 34.9. The molecule has 0 spiro atoms. The van der Waals surface area contributed by atoms with E-state index < -0.39 is 29.5 Å². The maximum absolute atomic E-state index is 13.7. The van der Waals surface area contributed by atoms with E-state index in [1.807, 2.05) is 16.7 Å². The van der Waals surface area contributed by atoms with Gasteiger partial charge in [0.05, 0.1) is 29.5 Å². The molecule has 0 bridgehead atoms. The Labute approximate surface area is 273 Å². The van der Waals surface area contributed by atoms with Crippen LogP contribution in [-0.2, 0) is 25.3 Å². The van der Waals surface area contributed by atoms with Gasteiger partial charge in [0, 0.05) is 51.2 Å². The number of benzene rings is 1. The van der Waals surface area contributed by atoms with Crippen molar-refractivity contribution < 1.29 is 36.6 Å². The average Bonchev–Trinajstić information content (AvgIpc) is 3.46. The fourth-order valence-corrected chi connectivity index (χ4v) is 6.31. The van der Waals surface area contributed by atoms with Gasteiger partial charge >= 0.3 is 12.4 Å². The molecule has 2 atom stereocenters. The third kappa shape index (κ3) is 8.36. The minimum absolute atomic E-state index is 0.0334. The smallest absolute Gasteiger partial charge is 0.396 e. The number of hydrogen-bond acceptors (Lipinski definition) is 9. The van der Waals surface area contributed by atoms with Crippen molar-refractivity contribution in [2.75, 3.05) is 40.9 Å². The number of rotatable bonds is 10. The van der Waals surface area contributed by atoms with Crippen molar-refractivity contribution in [1.29, 1.82) is 0 Å². The summed E-state index contributed by atoms with van der Waals surface area (Å²) in [6.07, 6.45) is -2.51. The molecule has 47 heavy (non-hydrogen) atoms. The molecule has 256 valence electrons. The highest BCUT2D eigenvalue weighted by molar-refractivity contribution is 6.32. The molecule has 2 fully saturated rings. The molecule has 0 saturated carbocycles. The topological polar surface area (TPSA) is 102 Å². The number of piperidine rings is 1. The van der Waals surface area contributed by atoms with Crippen molar-refractivity contribution in [3.8, 4) is 0 Å². The Kier molecular flexibility index (Phi) is 10.7. The SMILES string of the molecule is CCC1CC(N(Cc2cc(C(F)(F)F)cc(C(F)(F)F)c2)c2ncc(CCCO)cn2)CN1c1nc(N2CCC(O)CC2)ncc1Cl. The molecule has 2 aliphatic rings. The van der Waals surface area contributed by atoms with Crippen LogP contribution in [0.5, 0.6) is 0 Å². The Hall–Kier alpha value is -3.43. The van der Waals surface area contributed by atoms with Gasteiger partial charge in [-0.05, 0) is 67.9 Å². The summed E-state index contributed by atoms with van der Waals surface area (Å²) in [5.74, 6) is 1.07. The molecule has 9 nitrogen and oxygen atoms in total. The summed E-state index contributed by atoms with van der Waals surface area (Å²) in [5.41, 5.74) is -2.26. The molecule has 2 aliphatic heterocycles. The van der Waals surface area contributed by atoms with Crippen LogP contribution in [0.4, 0.5) is 44.1 Å². The van der Waals surface area contributed by atoms with Crippen LogP contribution in [0.3, 0.4) is 0 Å². The quantitative estimate of drug-likeness (QED) is 0.252. The normalized spacial score (nSPS) is 19.4. The highest BCUT2D eigenvalue weighted by Crippen LogP contribution is 2.39. The van der Waals surface area contributed by atoms with Crippen molar-refractivity contribution >= 4 is 29.3 Å². The van der Waals surface area contributed by atoms with E-state index in [1.165, 1.54) is 6.20 Å². The van der Waals surface area contributed by atoms with Gasteiger partial charge in [0.1, 0.15) is 5.02 Å². The molecule has 4 heterocycles. The molecule has 1 aromatic carbocycles. The first-order valence-electron chi connectivity index (χ1n) is 15.5. The summed E-state index contributed by atoms with van der Waals surface area (Å²) >= 11 is 6.62. The predicted octanol–water partition coefficient (Wildman–Crippen LogP) is 5.91. The van der Waals surface area contributed by atoms with Gasteiger partial charge in [-0.1, -0.05) is 18.5 Å². The fraction of sp³-hybridized carbons (Fsp3) is 0.548. The molecular weight excluding hydrogens is 652 g/mol. The molecule has 2 unspecified atom stereocenters. The first-order chi connectivity index (χ1) is 22.3. The Morgan fingerprint density at radius 2 is 1.57 bits per heavy atom. The third-order valence-corrected chi connectivity index (χ3v) is 8.88. The van der Waals surface area contributed by atoms with E-state index in [9.17, 15) is 36.6 Å². The second-order valence-electron chi connectivity index (χ2n) is 11.9. The third-order valence-electron chi connectivity index (χ3n) is 8.61. The molecule has 2 saturated heterocycles. The van der Waals surface area contributed by atoms with E-state index in [1.54, 1.807) is 17.3 Å². The molecule has 5 rings (SSSR count). The van der Waals surface area contributed by atoms with Crippen molar-refractivity contribution in [2.24, 2.45) is 0 Å². The highest BCUT2D eigenvalue weighted by atomic mass is 35.5. The Morgan fingerprint density at radius 3 is 2.15 bits per heavy atom. The minimum Gasteiger partial charge on any atom is -0.396 e. The zero-order chi connectivity index (χ0) is 33.9. The second-order valence-corrected chi connectivity index (χ2v) is 12.3. The summed E-state index contributed by atoms with van der Waals surface area (Å²) < 4.78 is 82.4. The van der Waals surface area contributed by atoms with Gasteiger partial charge in [-0.3, -0.25) is 0 Å². The molecule has 0 amide bonds. The van der Waals surface area contributed by atoms with Crippen LogP contribution in [0.1, 0.15) is 61.3 Å². The lowest BCUT2D eigenvalue weighted by Crippen LogP contribution is -2.39. The van der Waals surface area contributed by atoms with Gasteiger partial charge in [-0.15, -0.1) is 0 Å². The van der Waals surface area contributed by atoms with E-state index in [0.29, 0.717) is 68.4 Å². The molecule has 3 aromatic rings. The number of aliphatic hydroxyl groups is 2. The summed E-state index contributed by atoms with van der Waals surface area (Å²) in [6.45, 7) is 3.04. The number of alkyl halides is 6. The monoisotopic (exact) mass is 687 g/mol. The van der Waals surface area contributed by atoms with Gasteiger partial charge in [0.25, 0.3) is 0 Å². The molecule has 16 heteroatoms. The first-order valence-corrected chi connectivity index (χ1v) is 15.8. The zero-order valence-corrected chi connectivity index (χ0v) is 26.4. The molecule has 0 aliphatic carbocycles. The van der Waals surface area contributed by atoms with Crippen LogP contribution in [0.15, 0.2) is 36.8 Å². The molecule has 0 radical (unpaired) electrons. The van der Waals surface area contributed by atoms with Crippen LogP contribution < -0.4 is 14.7 Å². The zero-order valence-electron chi connectivity index (χ0n) is 25.6. The Balaban J connectivity index is 1.50. The van der Waals surface area contributed by atoms with E-state index >= 15 is 0 Å². The maximum atomic E-state index is 13.7. The summed E-state index contributed by atoms with van der Waals surface area (Å²) in [5, 5.41) is 19.4. The maximum Gasteiger partial charge on any atom is 0.416 e. The van der Waals surface area contributed by atoms with Crippen molar-refractivity contribution in [3.05, 3.63) is 64.1 Å². The van der Waals surface area contributed by atoms with Crippen LogP contribution >= 0.6 is 11.6 Å². The standard InChI is InChI=1S/C31H36ClF6N7O2/c1-2-23-13-24(18-44(23)27-26(32)16-41-29(42-27)43-7-5-25(47)6-8-43)45(28-39-14-19(15-40-28)4-3-9-46)17-20-10-21(30(33,34)35)12-22(11-20)31(36,37)38/h10-12,14-16,23-25,46-47H,2-9,13,17-18H2,1H3. The average molecular weight is 688 g/mol. The van der Waals surface area contributed by atoms with Crippen LogP contribution in [0.2, 0.25) is 5.02 Å². The number of aryl methyl sites for hydroxylation is 1. The van der Waals surface area contributed by atoms with Crippen molar-refractivity contribution in [1.82, 2.24) is 19.9 Å². The van der Waals surface area contributed by atoms with Gasteiger partial charge in [-0.2, -0.15) is 31.3 Å². The van der Waals surface area contributed by atoms with Gasteiger partial charge < -0.3 is 24.9 Å². The summed E-state index contributed by atoms with van der Waals surface area (Å²) in [7, 11) is 0. The van der Waals surface area contributed by atoms with Crippen molar-refractivity contribution in [3.63, 3.8) is 0 Å². The fourth-order valence-electron chi connectivity index (χ4n) is 6.11. The highest BCUT2D eigenvalue weighted by Gasteiger charge is 2.40. The molecular formula is C31H36ClF6N7O2. The summed E-state index contributed by atoms with van der Waals surface area (Å²) in [6, 6.07) is 1.01. The Bertz CT molecular complexity index is 1470. The lowest BCUT2D eigenvalue weighted by molar-refractivity contribution is -0.143. The summed E-state index contributed by atoms with van der Waals surface area (Å²) in [4.78, 5) is 23.7. The van der Waals surface area contributed by atoms with E-state index in [-0.39, 0.29) is 49.4 Å². The van der Waals surface area contributed by atoms with E-state index in [0.717, 1.165) is 17.7 Å². The molecule has 2 N–H and O–H groups in total. The van der Waals surface area contributed by atoms with Gasteiger partial charge in [0.15, 0.2) is 5.82 Å². The van der Waals surface area contributed by atoms with Gasteiger partial charge in [0.2, 0.25) is 11.9 Å². The van der Waals surface area contributed by atoms with E-state index in [4.69, 9.17) is 16.6 Å². The number of hydrogen-bond donors (Lipinski definition) is 2. The number of halogens is 7. The second kappa shape index (κ2) is 14.4. The van der Waals surface area contributed by atoms with Crippen molar-refractivity contribution in [2.45, 2.75) is 82.5 Å². The number of nitrogens with zero attached hydrogens (tertiary/aromatic N) is 7. The van der Waals surface area contributed by atoms with E-state index in [2.05, 4.69) is 15.0 Å².